The number of hydrogen-bond donors (Lipinski definition) is 4. The normalized spacial score (nSPS) is 17.5. The van der Waals surface area contributed by atoms with Crippen LogP contribution in [-0.4, -0.2) is 37.9 Å². The quantitative estimate of drug-likeness (QED) is 0.336. The highest BCUT2D eigenvalue weighted by molar-refractivity contribution is 7.52. The van der Waals surface area contributed by atoms with E-state index in [1.807, 2.05) is 0 Å². The molecule has 0 aliphatic rings. The van der Waals surface area contributed by atoms with Crippen LogP contribution in [0.2, 0.25) is 0 Å². The van der Waals surface area contributed by atoms with Crippen LogP contribution in [0.3, 0.4) is 0 Å². The van der Waals surface area contributed by atoms with Crippen molar-refractivity contribution in [2.24, 2.45) is 0 Å². The van der Waals surface area contributed by atoms with Crippen LogP contribution in [0.1, 0.15) is 0 Å². The van der Waals surface area contributed by atoms with Gasteiger partial charge in [0.25, 0.3) is 0 Å². The van der Waals surface area contributed by atoms with E-state index >= 15 is 0 Å². The first-order valence-corrected chi connectivity index (χ1v) is 4.07. The summed E-state index contributed by atoms with van der Waals surface area (Å²) in [6.45, 7) is 0. The van der Waals surface area contributed by atoms with E-state index in [0.717, 1.165) is 0 Å². The van der Waals surface area contributed by atoms with E-state index in [-0.39, 0.29) is 0 Å². The lowest BCUT2D eigenvalue weighted by molar-refractivity contribution is -0.317. The molecule has 4 N–H and O–H groups in total. The maximum atomic E-state index is 10.1. The first-order chi connectivity index (χ1) is 4.76. The molecule has 0 radical (unpaired) electrons. The van der Waals surface area contributed by atoms with Gasteiger partial charge in [0.05, 0.1) is 5.97 Å². The second-order valence-corrected chi connectivity index (χ2v) is 3.47. The Kier molecular flexibility index (Phi) is 3.15. The summed E-state index contributed by atoms with van der Waals surface area (Å²) < 4.78 is 10.1. The molecule has 0 aromatic carbocycles. The number of aliphatic hydroxyl groups is 2. The fourth-order valence-corrected chi connectivity index (χ4v) is 0.795. The molecule has 7 nitrogen and oxygen atoms in total. The number of aliphatic hydroxyl groups excluding tert-OH is 2. The third kappa shape index (κ3) is 2.96. The van der Waals surface area contributed by atoms with Crippen LogP contribution in [0.4, 0.5) is 0 Å². The smallest absolute Gasteiger partial charge is 0.356 e. The summed E-state index contributed by atoms with van der Waals surface area (Å²) >= 11 is 0. The molecule has 0 fully saturated rings. The van der Waals surface area contributed by atoms with Gasteiger partial charge in [-0.3, -0.25) is 4.57 Å². The zero-order chi connectivity index (χ0) is 9.23. The first kappa shape index (κ1) is 10.5. The lowest BCUT2D eigenvalue weighted by atomic mass is 10.4. The number of carboxylic acids is 1. The van der Waals surface area contributed by atoms with Gasteiger partial charge in [-0.15, -0.1) is 0 Å². The van der Waals surface area contributed by atoms with Gasteiger partial charge in [0.1, 0.15) is 6.10 Å². The van der Waals surface area contributed by atoms with Crippen molar-refractivity contribution in [1.82, 2.24) is 0 Å². The summed E-state index contributed by atoms with van der Waals surface area (Å²) in [7, 11) is -4.98. The third-order valence-electron chi connectivity index (χ3n) is 0.869. The van der Waals surface area contributed by atoms with E-state index in [4.69, 9.17) is 20.0 Å². The third-order valence-corrected chi connectivity index (χ3v) is 1.84. The predicted molar refractivity (Wildman–Crippen MR) is 29.1 cm³/mol. The Labute approximate surface area is 61.1 Å². The Hall–Kier alpha value is -0.460. The van der Waals surface area contributed by atoms with Gasteiger partial charge in [-0.2, -0.15) is 0 Å². The number of aliphatic carboxylic acids is 1. The maximum absolute atomic E-state index is 10.1. The molecule has 0 spiro atoms. The van der Waals surface area contributed by atoms with Crippen molar-refractivity contribution in [2.75, 3.05) is 0 Å². The zero-order valence-corrected chi connectivity index (χ0v) is 6.01. The SMILES string of the molecule is O=C([O-])C(O)C(O)P(=O)(O)O. The molecule has 0 aliphatic carbocycles. The van der Waals surface area contributed by atoms with Crippen LogP contribution < -0.4 is 5.11 Å². The minimum absolute atomic E-state index is 2.14. The van der Waals surface area contributed by atoms with Crippen molar-refractivity contribution in [3.63, 3.8) is 0 Å². The van der Waals surface area contributed by atoms with E-state index < -0.39 is 25.5 Å². The Morgan fingerprint density at radius 1 is 1.36 bits per heavy atom. The fourth-order valence-electron chi connectivity index (χ4n) is 0.306. The molecule has 0 heterocycles. The van der Waals surface area contributed by atoms with E-state index in [1.54, 1.807) is 0 Å². The molecular weight excluding hydrogens is 179 g/mol. The second kappa shape index (κ2) is 3.29. The minimum atomic E-state index is -4.98. The van der Waals surface area contributed by atoms with E-state index in [9.17, 15) is 14.5 Å². The largest absolute Gasteiger partial charge is 0.547 e. The van der Waals surface area contributed by atoms with Gasteiger partial charge in [0.15, 0.2) is 5.85 Å². The van der Waals surface area contributed by atoms with Crippen LogP contribution in [0.25, 0.3) is 0 Å². The standard InChI is InChI=1S/C3H7O7P/c4-1(2(5)6)3(7)11(8,9)10/h1,3-4,7H,(H,5,6)(H2,8,9,10)/p-1. The van der Waals surface area contributed by atoms with Gasteiger partial charge >= 0.3 is 7.60 Å². The van der Waals surface area contributed by atoms with Gasteiger partial charge in [0, 0.05) is 0 Å². The summed E-state index contributed by atoms with van der Waals surface area (Å²) in [6.07, 6.45) is -2.57. The van der Waals surface area contributed by atoms with Crippen LogP contribution in [0.15, 0.2) is 0 Å². The summed E-state index contributed by atoms with van der Waals surface area (Å²) in [6, 6.07) is 0. The number of hydrogen-bond acceptors (Lipinski definition) is 5. The topological polar surface area (TPSA) is 138 Å². The van der Waals surface area contributed by atoms with Gasteiger partial charge in [-0.05, 0) is 0 Å². The highest BCUT2D eigenvalue weighted by Crippen LogP contribution is 2.40. The van der Waals surface area contributed by atoms with Crippen LogP contribution >= 0.6 is 7.60 Å². The number of carbonyl (C=O) groups excluding carboxylic acids is 1. The Morgan fingerprint density at radius 3 is 1.82 bits per heavy atom. The summed E-state index contributed by atoms with van der Waals surface area (Å²) in [5, 5.41) is 26.4. The summed E-state index contributed by atoms with van der Waals surface area (Å²) in [4.78, 5) is 26.0. The van der Waals surface area contributed by atoms with Gasteiger partial charge in [-0.25, -0.2) is 0 Å². The number of rotatable bonds is 3. The van der Waals surface area contributed by atoms with Crippen LogP contribution in [0.5, 0.6) is 0 Å². The molecular formula is C3H6O7P-. The molecule has 8 heteroatoms. The van der Waals surface area contributed by atoms with Crippen molar-refractivity contribution >= 4 is 13.6 Å². The van der Waals surface area contributed by atoms with Crippen molar-refractivity contribution in [3.05, 3.63) is 0 Å². The summed E-state index contributed by atoms with van der Waals surface area (Å²) in [5.41, 5.74) is 0. The first-order valence-electron chi connectivity index (χ1n) is 2.39. The molecule has 0 bridgehead atoms. The van der Waals surface area contributed by atoms with E-state index in [0.29, 0.717) is 0 Å². The fraction of sp³-hybridized carbons (Fsp3) is 0.667. The molecule has 0 aromatic heterocycles. The Morgan fingerprint density at radius 2 is 1.73 bits per heavy atom. The van der Waals surface area contributed by atoms with Crippen molar-refractivity contribution in [1.29, 1.82) is 0 Å². The Bertz CT molecular complexity index is 194. The molecule has 2 atom stereocenters. The number of carboxylic acid groups (broad SMARTS) is 1. The van der Waals surface area contributed by atoms with Crippen molar-refractivity contribution in [3.8, 4) is 0 Å². The molecule has 0 amide bonds. The van der Waals surface area contributed by atoms with Gasteiger partial charge in [0.2, 0.25) is 0 Å². The second-order valence-electron chi connectivity index (χ2n) is 1.77. The van der Waals surface area contributed by atoms with Crippen LogP contribution in [-0.2, 0) is 9.36 Å². The number of carbonyl (C=O) groups is 1. The Balaban J connectivity index is 4.38. The van der Waals surface area contributed by atoms with Crippen molar-refractivity contribution < 1.29 is 34.5 Å². The minimum Gasteiger partial charge on any atom is -0.547 e. The monoisotopic (exact) mass is 185 g/mol. The molecule has 0 aromatic rings. The molecule has 66 valence electrons. The lowest BCUT2D eigenvalue weighted by Crippen LogP contribution is -2.43. The van der Waals surface area contributed by atoms with Crippen LogP contribution in [0, 0.1) is 0 Å². The molecule has 0 saturated heterocycles. The van der Waals surface area contributed by atoms with E-state index in [2.05, 4.69) is 0 Å². The van der Waals surface area contributed by atoms with Gasteiger partial charge < -0.3 is 29.9 Å². The average molecular weight is 185 g/mol. The molecule has 11 heavy (non-hydrogen) atoms. The van der Waals surface area contributed by atoms with E-state index in [1.165, 1.54) is 0 Å². The lowest BCUT2D eigenvalue weighted by Gasteiger charge is -2.18. The maximum Gasteiger partial charge on any atom is 0.356 e. The van der Waals surface area contributed by atoms with Crippen molar-refractivity contribution in [2.45, 2.75) is 11.9 Å². The zero-order valence-electron chi connectivity index (χ0n) is 5.12. The highest BCUT2D eigenvalue weighted by Gasteiger charge is 2.33. The molecule has 0 aliphatic heterocycles. The summed E-state index contributed by atoms with van der Waals surface area (Å²) in [5.74, 6) is -4.77. The van der Waals surface area contributed by atoms with Gasteiger partial charge in [-0.1, -0.05) is 0 Å². The predicted octanol–water partition coefficient (Wildman–Crippen LogP) is -3.41. The highest BCUT2D eigenvalue weighted by atomic mass is 31.2. The molecule has 0 rings (SSSR count). The molecule has 0 saturated carbocycles. The molecule has 2 unspecified atom stereocenters. The average Bonchev–Trinajstić information content (AvgIpc) is 1.82.